The van der Waals surface area contributed by atoms with Crippen LogP contribution in [0, 0.1) is 0 Å². The van der Waals surface area contributed by atoms with Gasteiger partial charge in [0.15, 0.2) is 0 Å². The maximum atomic E-state index is 2.72. The second kappa shape index (κ2) is 6.52. The predicted octanol–water partition coefficient (Wildman–Crippen LogP) is 4.46. The molecular weight excluding hydrogens is 182 g/mol. The molecule has 0 saturated heterocycles. The average Bonchev–Trinajstić information content (AvgIpc) is 2.15. The van der Waals surface area contributed by atoms with Crippen molar-refractivity contribution in [3.05, 3.63) is 0 Å². The highest BCUT2D eigenvalue weighted by atomic mass is 15.2. The van der Waals surface area contributed by atoms with Crippen LogP contribution in [0.4, 0.5) is 0 Å². The first-order valence-corrected chi connectivity index (χ1v) is 6.73. The van der Waals surface area contributed by atoms with Crippen molar-refractivity contribution in [1.82, 2.24) is 4.90 Å². The van der Waals surface area contributed by atoms with Crippen LogP contribution in [0.3, 0.4) is 0 Å². The zero-order chi connectivity index (χ0) is 12.1. The Bertz CT molecular complexity index is 149. The van der Waals surface area contributed by atoms with Gasteiger partial charge in [0.1, 0.15) is 0 Å². The second-order valence-electron chi connectivity index (χ2n) is 5.28. The van der Waals surface area contributed by atoms with Crippen LogP contribution in [-0.4, -0.2) is 22.5 Å². The molecule has 0 aromatic rings. The molecule has 0 aliphatic carbocycles. The fraction of sp³-hybridized carbons (Fsp3) is 1.00. The van der Waals surface area contributed by atoms with Crippen molar-refractivity contribution in [3.8, 4) is 0 Å². The molecule has 0 radical (unpaired) electrons. The summed E-state index contributed by atoms with van der Waals surface area (Å²) in [5.74, 6) is 0. The zero-order valence-electron chi connectivity index (χ0n) is 11.9. The number of nitrogens with zero attached hydrogens (tertiary/aromatic N) is 1. The predicted molar refractivity (Wildman–Crippen MR) is 70.3 cm³/mol. The molecule has 0 aromatic heterocycles. The van der Waals surface area contributed by atoms with Crippen LogP contribution in [0.1, 0.15) is 74.1 Å². The lowest BCUT2D eigenvalue weighted by Gasteiger charge is -2.48. The molecule has 0 aliphatic heterocycles. The molecule has 0 fully saturated rings. The summed E-state index contributed by atoms with van der Waals surface area (Å²) >= 11 is 0. The summed E-state index contributed by atoms with van der Waals surface area (Å²) in [6.07, 6.45) is 5.16. The van der Waals surface area contributed by atoms with Crippen molar-refractivity contribution < 1.29 is 0 Å². The third kappa shape index (κ3) is 3.48. The van der Waals surface area contributed by atoms with E-state index in [9.17, 15) is 0 Å². The van der Waals surface area contributed by atoms with Crippen LogP contribution in [0.5, 0.6) is 0 Å². The third-order valence-corrected chi connectivity index (χ3v) is 3.69. The molecule has 0 aliphatic rings. The molecule has 0 atom stereocenters. The molecule has 92 valence electrons. The summed E-state index contributed by atoms with van der Waals surface area (Å²) < 4.78 is 0. The van der Waals surface area contributed by atoms with Crippen molar-refractivity contribution in [1.29, 1.82) is 0 Å². The Morgan fingerprint density at radius 3 is 1.47 bits per heavy atom. The van der Waals surface area contributed by atoms with Gasteiger partial charge in [0.2, 0.25) is 0 Å². The molecule has 0 heterocycles. The van der Waals surface area contributed by atoms with E-state index in [4.69, 9.17) is 0 Å². The standard InChI is InChI=1S/C14H31N/c1-8-11-14(9-2,10-3)15(12(4)5)13(6)7/h12-13H,8-11H2,1-7H3. The minimum absolute atomic E-state index is 0.428. The Morgan fingerprint density at radius 2 is 1.27 bits per heavy atom. The summed E-state index contributed by atoms with van der Waals surface area (Å²) in [7, 11) is 0. The van der Waals surface area contributed by atoms with Crippen LogP contribution in [0.25, 0.3) is 0 Å². The molecule has 0 N–H and O–H groups in total. The quantitative estimate of drug-likeness (QED) is 0.603. The van der Waals surface area contributed by atoms with E-state index in [1.54, 1.807) is 0 Å². The molecule has 0 aromatic carbocycles. The van der Waals surface area contributed by atoms with Crippen molar-refractivity contribution in [2.45, 2.75) is 91.8 Å². The normalized spacial score (nSPS) is 13.2. The first kappa shape index (κ1) is 15.0. The van der Waals surface area contributed by atoms with Gasteiger partial charge in [0, 0.05) is 17.6 Å². The maximum absolute atomic E-state index is 2.72. The van der Waals surface area contributed by atoms with E-state index in [0.29, 0.717) is 17.6 Å². The summed E-state index contributed by atoms with van der Waals surface area (Å²) in [4.78, 5) is 2.72. The Labute approximate surface area is 97.2 Å². The van der Waals surface area contributed by atoms with Gasteiger partial charge in [0.05, 0.1) is 0 Å². The van der Waals surface area contributed by atoms with E-state index >= 15 is 0 Å². The lowest BCUT2D eigenvalue weighted by molar-refractivity contribution is 0.0110. The van der Waals surface area contributed by atoms with Gasteiger partial charge in [-0.25, -0.2) is 0 Å². The summed E-state index contributed by atoms with van der Waals surface area (Å²) in [5.41, 5.74) is 0.428. The molecule has 0 unspecified atom stereocenters. The van der Waals surface area contributed by atoms with E-state index in [2.05, 4.69) is 53.4 Å². The molecule has 15 heavy (non-hydrogen) atoms. The molecule has 0 amide bonds. The summed E-state index contributed by atoms with van der Waals surface area (Å²) in [6, 6.07) is 1.30. The Hall–Kier alpha value is -0.0400. The fourth-order valence-electron chi connectivity index (χ4n) is 3.25. The van der Waals surface area contributed by atoms with Crippen molar-refractivity contribution in [3.63, 3.8) is 0 Å². The van der Waals surface area contributed by atoms with Crippen LogP contribution in [0.15, 0.2) is 0 Å². The van der Waals surface area contributed by atoms with E-state index in [1.807, 2.05) is 0 Å². The lowest BCUT2D eigenvalue weighted by Crippen LogP contribution is -2.54. The minimum Gasteiger partial charge on any atom is -0.293 e. The van der Waals surface area contributed by atoms with E-state index in [-0.39, 0.29) is 0 Å². The molecule has 1 nitrogen and oxygen atoms in total. The minimum atomic E-state index is 0.428. The second-order valence-corrected chi connectivity index (χ2v) is 5.28. The van der Waals surface area contributed by atoms with E-state index < -0.39 is 0 Å². The fourth-order valence-corrected chi connectivity index (χ4v) is 3.25. The van der Waals surface area contributed by atoms with Crippen molar-refractivity contribution in [2.24, 2.45) is 0 Å². The van der Waals surface area contributed by atoms with Crippen LogP contribution in [0.2, 0.25) is 0 Å². The van der Waals surface area contributed by atoms with Gasteiger partial charge in [-0.05, 0) is 47.0 Å². The highest BCUT2D eigenvalue weighted by Crippen LogP contribution is 2.32. The van der Waals surface area contributed by atoms with Crippen molar-refractivity contribution >= 4 is 0 Å². The first-order chi connectivity index (χ1) is 6.95. The van der Waals surface area contributed by atoms with Crippen LogP contribution >= 0.6 is 0 Å². The monoisotopic (exact) mass is 213 g/mol. The van der Waals surface area contributed by atoms with Crippen LogP contribution < -0.4 is 0 Å². The molecule has 1 heteroatoms. The number of hydrogen-bond donors (Lipinski definition) is 0. The van der Waals surface area contributed by atoms with E-state index in [1.165, 1.54) is 25.7 Å². The van der Waals surface area contributed by atoms with Gasteiger partial charge in [-0.2, -0.15) is 0 Å². The zero-order valence-corrected chi connectivity index (χ0v) is 11.9. The highest BCUT2D eigenvalue weighted by molar-refractivity contribution is 4.91. The van der Waals surface area contributed by atoms with Crippen molar-refractivity contribution in [2.75, 3.05) is 0 Å². The number of hydrogen-bond acceptors (Lipinski definition) is 1. The topological polar surface area (TPSA) is 3.24 Å². The Balaban J connectivity index is 4.97. The molecular formula is C14H31N. The van der Waals surface area contributed by atoms with Gasteiger partial charge in [-0.15, -0.1) is 0 Å². The largest absolute Gasteiger partial charge is 0.293 e. The summed E-state index contributed by atoms with van der Waals surface area (Å²) in [6.45, 7) is 16.3. The number of rotatable bonds is 7. The van der Waals surface area contributed by atoms with Gasteiger partial charge in [-0.3, -0.25) is 4.90 Å². The third-order valence-electron chi connectivity index (χ3n) is 3.69. The Morgan fingerprint density at radius 1 is 0.867 bits per heavy atom. The van der Waals surface area contributed by atoms with Gasteiger partial charge in [-0.1, -0.05) is 27.2 Å². The SMILES string of the molecule is CCCC(CC)(CC)N(C(C)C)C(C)C. The molecule has 0 bridgehead atoms. The van der Waals surface area contributed by atoms with E-state index in [0.717, 1.165) is 0 Å². The summed E-state index contributed by atoms with van der Waals surface area (Å²) in [5, 5.41) is 0. The first-order valence-electron chi connectivity index (χ1n) is 6.73. The van der Waals surface area contributed by atoms with Gasteiger partial charge < -0.3 is 0 Å². The van der Waals surface area contributed by atoms with Crippen LogP contribution in [-0.2, 0) is 0 Å². The highest BCUT2D eigenvalue weighted by Gasteiger charge is 2.35. The van der Waals surface area contributed by atoms with Gasteiger partial charge in [0.25, 0.3) is 0 Å². The molecule has 0 rings (SSSR count). The lowest BCUT2D eigenvalue weighted by atomic mass is 9.83. The smallest absolute Gasteiger partial charge is 0.0209 e. The molecule has 0 saturated carbocycles. The molecule has 0 spiro atoms. The Kier molecular flexibility index (Phi) is 6.51. The average molecular weight is 213 g/mol. The maximum Gasteiger partial charge on any atom is 0.0209 e. The van der Waals surface area contributed by atoms with Gasteiger partial charge >= 0.3 is 0 Å².